The summed E-state index contributed by atoms with van der Waals surface area (Å²) in [5, 5.41) is 8.07. The summed E-state index contributed by atoms with van der Waals surface area (Å²) in [4.78, 5) is 25.3. The summed E-state index contributed by atoms with van der Waals surface area (Å²) in [7, 11) is 2.15. The van der Waals surface area contributed by atoms with Crippen LogP contribution < -0.4 is 5.32 Å². The molecule has 176 valence electrons. The molecule has 0 saturated carbocycles. The lowest BCUT2D eigenvalue weighted by atomic mass is 10.0. The number of carbonyl (C=O) groups excluding carboxylic acids is 1. The van der Waals surface area contributed by atoms with Crippen molar-refractivity contribution in [3.05, 3.63) is 70.2 Å². The quantitative estimate of drug-likeness (QED) is 0.449. The third-order valence-corrected chi connectivity index (χ3v) is 7.42. The fraction of sp³-hybridized carbons (Fsp3) is 0.346. The minimum absolute atomic E-state index is 0.132. The Morgan fingerprint density at radius 1 is 1.12 bits per heavy atom. The van der Waals surface area contributed by atoms with Crippen molar-refractivity contribution in [3.8, 4) is 10.6 Å². The van der Waals surface area contributed by atoms with Gasteiger partial charge < -0.3 is 14.7 Å². The molecule has 1 fully saturated rings. The van der Waals surface area contributed by atoms with Crippen LogP contribution in [0.25, 0.3) is 21.7 Å². The summed E-state index contributed by atoms with van der Waals surface area (Å²) in [5.74, 6) is -0.142. The number of aryl methyl sites for hydroxylation is 2. The number of benzene rings is 1. The highest BCUT2D eigenvalue weighted by molar-refractivity contribution is 7.15. The van der Waals surface area contributed by atoms with Gasteiger partial charge in [0.05, 0.1) is 33.3 Å². The van der Waals surface area contributed by atoms with Gasteiger partial charge in [-0.05, 0) is 44.7 Å². The van der Waals surface area contributed by atoms with Crippen LogP contribution in [-0.4, -0.2) is 65.6 Å². The Kier molecular flexibility index (Phi) is 6.45. The van der Waals surface area contributed by atoms with Gasteiger partial charge in [0.15, 0.2) is 0 Å². The number of rotatable bonds is 6. The number of likely N-dealkylation sites (N-methyl/N-ethyl adjacent to an activating group) is 1. The molecule has 0 aliphatic carbocycles. The van der Waals surface area contributed by atoms with Crippen LogP contribution in [-0.2, 0) is 0 Å². The van der Waals surface area contributed by atoms with E-state index in [1.54, 1.807) is 11.3 Å². The van der Waals surface area contributed by atoms with Crippen molar-refractivity contribution in [2.24, 2.45) is 0 Å². The molecule has 1 amide bonds. The zero-order valence-electron chi connectivity index (χ0n) is 19.7. The van der Waals surface area contributed by atoms with Gasteiger partial charge in [0.2, 0.25) is 0 Å². The second kappa shape index (κ2) is 9.66. The van der Waals surface area contributed by atoms with Gasteiger partial charge in [-0.3, -0.25) is 9.69 Å². The third kappa shape index (κ3) is 4.75. The average Bonchev–Trinajstić information content (AvgIpc) is 3.45. The summed E-state index contributed by atoms with van der Waals surface area (Å²) in [6, 6.07) is 16.0. The van der Waals surface area contributed by atoms with E-state index in [2.05, 4.69) is 57.4 Å². The van der Waals surface area contributed by atoms with Crippen LogP contribution >= 0.6 is 11.3 Å². The van der Waals surface area contributed by atoms with Crippen LogP contribution in [0.4, 0.5) is 0 Å². The average molecular weight is 476 g/mol. The molecule has 4 aromatic rings. The molecule has 1 unspecified atom stereocenters. The Hall–Kier alpha value is -3.07. The van der Waals surface area contributed by atoms with E-state index in [9.17, 15) is 4.79 Å². The molecule has 1 aliphatic heterocycles. The van der Waals surface area contributed by atoms with E-state index in [0.29, 0.717) is 22.4 Å². The second-order valence-electron chi connectivity index (χ2n) is 8.95. The number of amides is 1. The van der Waals surface area contributed by atoms with Crippen LogP contribution in [0.3, 0.4) is 0 Å². The number of nitrogens with zero attached hydrogens (tertiary/aromatic N) is 4. The highest BCUT2D eigenvalue weighted by atomic mass is 32.1. The molecular formula is C26H29N5O2S. The largest absolute Gasteiger partial charge is 0.344 e. The first-order valence-corrected chi connectivity index (χ1v) is 12.4. The first-order chi connectivity index (χ1) is 16.5. The maximum atomic E-state index is 13.7. The van der Waals surface area contributed by atoms with Crippen molar-refractivity contribution in [3.63, 3.8) is 0 Å². The van der Waals surface area contributed by atoms with E-state index in [1.807, 2.05) is 37.3 Å². The number of thiophene rings is 1. The second-order valence-corrected chi connectivity index (χ2v) is 10.2. The molecule has 1 saturated heterocycles. The molecule has 0 radical (unpaired) electrons. The highest BCUT2D eigenvalue weighted by Crippen LogP contribution is 2.31. The number of hydrogen-bond donors (Lipinski definition) is 1. The van der Waals surface area contributed by atoms with Gasteiger partial charge in [-0.15, -0.1) is 11.3 Å². The van der Waals surface area contributed by atoms with Crippen LogP contribution in [0.5, 0.6) is 0 Å². The lowest BCUT2D eigenvalue weighted by Gasteiger charge is -2.35. The fourth-order valence-corrected chi connectivity index (χ4v) is 5.24. The van der Waals surface area contributed by atoms with Crippen LogP contribution in [0.2, 0.25) is 0 Å². The van der Waals surface area contributed by atoms with E-state index >= 15 is 0 Å². The van der Waals surface area contributed by atoms with Gasteiger partial charge in [-0.2, -0.15) is 0 Å². The van der Waals surface area contributed by atoms with Gasteiger partial charge in [0.25, 0.3) is 11.6 Å². The Balaban J connectivity index is 1.48. The van der Waals surface area contributed by atoms with E-state index in [0.717, 1.165) is 48.9 Å². The predicted molar refractivity (Wildman–Crippen MR) is 135 cm³/mol. The Bertz CT molecular complexity index is 1290. The zero-order valence-corrected chi connectivity index (χ0v) is 20.6. The van der Waals surface area contributed by atoms with Gasteiger partial charge in [0, 0.05) is 37.6 Å². The number of hydrogen-bond acceptors (Lipinski definition) is 7. The van der Waals surface area contributed by atoms with E-state index in [-0.39, 0.29) is 11.9 Å². The highest BCUT2D eigenvalue weighted by Gasteiger charge is 2.25. The molecule has 1 atom stereocenters. The van der Waals surface area contributed by atoms with E-state index in [1.165, 1.54) is 4.88 Å². The summed E-state index contributed by atoms with van der Waals surface area (Å²) < 4.78 is 5.48. The summed E-state index contributed by atoms with van der Waals surface area (Å²) in [6.07, 6.45) is 0. The summed E-state index contributed by atoms with van der Waals surface area (Å²) >= 11 is 1.64. The first kappa shape index (κ1) is 22.7. The topological polar surface area (TPSA) is 74.5 Å². The molecule has 3 aromatic heterocycles. The zero-order chi connectivity index (χ0) is 23.7. The van der Waals surface area contributed by atoms with Crippen molar-refractivity contribution in [2.75, 3.05) is 39.8 Å². The molecule has 1 N–H and O–H groups in total. The van der Waals surface area contributed by atoms with E-state index in [4.69, 9.17) is 4.52 Å². The van der Waals surface area contributed by atoms with E-state index < -0.39 is 0 Å². The molecule has 7 nitrogen and oxygen atoms in total. The maximum absolute atomic E-state index is 13.7. The number of aromatic nitrogens is 2. The van der Waals surface area contributed by atoms with Crippen molar-refractivity contribution < 1.29 is 9.32 Å². The van der Waals surface area contributed by atoms with Crippen molar-refractivity contribution in [1.29, 1.82) is 0 Å². The van der Waals surface area contributed by atoms with Gasteiger partial charge >= 0.3 is 0 Å². The van der Waals surface area contributed by atoms with Crippen LogP contribution in [0, 0.1) is 13.8 Å². The van der Waals surface area contributed by atoms with Crippen molar-refractivity contribution in [2.45, 2.75) is 19.9 Å². The smallest absolute Gasteiger partial charge is 0.259 e. The number of pyridine rings is 1. The maximum Gasteiger partial charge on any atom is 0.259 e. The SMILES string of the molecule is Cc1ccc(-c2cc(C(=O)NC(CN3CCN(C)CC3)c3ccccc3)c3c(C)noc3n2)s1. The minimum atomic E-state index is -0.142. The van der Waals surface area contributed by atoms with Crippen molar-refractivity contribution >= 4 is 28.3 Å². The van der Waals surface area contributed by atoms with Crippen LogP contribution in [0.1, 0.15) is 32.5 Å². The lowest BCUT2D eigenvalue weighted by Crippen LogP contribution is -2.47. The van der Waals surface area contributed by atoms with Gasteiger partial charge in [0.1, 0.15) is 0 Å². The first-order valence-electron chi connectivity index (χ1n) is 11.6. The lowest BCUT2D eigenvalue weighted by molar-refractivity contribution is 0.0908. The monoisotopic (exact) mass is 475 g/mol. The number of carbonyl (C=O) groups is 1. The molecule has 0 bridgehead atoms. The van der Waals surface area contributed by atoms with Gasteiger partial charge in [-0.1, -0.05) is 35.5 Å². The molecule has 4 heterocycles. The summed E-state index contributed by atoms with van der Waals surface area (Å²) in [6.45, 7) is 8.70. The fourth-order valence-electron chi connectivity index (χ4n) is 4.42. The number of piperazine rings is 1. The molecule has 5 rings (SSSR count). The molecule has 34 heavy (non-hydrogen) atoms. The Morgan fingerprint density at radius 3 is 2.59 bits per heavy atom. The number of nitrogens with one attached hydrogen (secondary N) is 1. The normalized spacial score (nSPS) is 16.1. The summed E-state index contributed by atoms with van der Waals surface area (Å²) in [5.41, 5.74) is 3.42. The van der Waals surface area contributed by atoms with Crippen molar-refractivity contribution in [1.82, 2.24) is 25.3 Å². The minimum Gasteiger partial charge on any atom is -0.344 e. The Morgan fingerprint density at radius 2 is 1.88 bits per heavy atom. The number of fused-ring (bicyclic) bond motifs is 1. The standard InChI is InChI=1S/C26H29N5O2S/c1-17-9-10-23(34-17)21-15-20(24-18(2)29-33-26(24)28-21)25(32)27-22(19-7-5-4-6-8-19)16-31-13-11-30(3)12-14-31/h4-10,15,22H,11-14,16H2,1-3H3,(H,27,32). The molecular weight excluding hydrogens is 446 g/mol. The van der Waals surface area contributed by atoms with Gasteiger partial charge in [-0.25, -0.2) is 4.98 Å². The molecule has 0 spiro atoms. The predicted octanol–water partition coefficient (Wildman–Crippen LogP) is 4.29. The molecule has 1 aromatic carbocycles. The molecule has 8 heteroatoms. The third-order valence-electron chi connectivity index (χ3n) is 6.40. The molecule has 1 aliphatic rings. The van der Waals surface area contributed by atoms with Crippen LogP contribution in [0.15, 0.2) is 53.1 Å². The Labute approximate surface area is 203 Å².